The number of aliphatic carboxylic acids is 1. The fourth-order valence-corrected chi connectivity index (χ4v) is 12.1. The summed E-state index contributed by atoms with van der Waals surface area (Å²) < 4.78 is 0. The molecule has 4 aromatic carbocycles. The number of nitrogens with one attached hydrogen (secondary N) is 17. The van der Waals surface area contributed by atoms with Crippen LogP contribution in [0.25, 0.3) is 10.9 Å². The number of aromatic nitrogens is 3. The molecule has 0 radical (unpaired) electrons. The molecule has 0 bridgehead atoms. The molecule has 0 aliphatic heterocycles. The molecule has 0 fully saturated rings. The number of para-hydroxylation sites is 1. The molecule has 38 heteroatoms. The number of phenols is 1. The van der Waals surface area contributed by atoms with E-state index in [0.29, 0.717) is 44.6 Å². The molecule has 112 heavy (non-hydrogen) atoms. The number of imidazole rings is 1. The molecule has 0 spiro atoms. The average molecular weight is 1570 g/mol. The van der Waals surface area contributed by atoms with Crippen molar-refractivity contribution in [3.05, 3.63) is 156 Å². The zero-order valence-electron chi connectivity index (χ0n) is 62.2. The quantitative estimate of drug-likeness (QED) is 0.0102. The molecule has 37 nitrogen and oxygen atoms in total. The number of hydrogen-bond acceptors (Lipinski definition) is 19. The SMILES string of the molecule is CSCCC(NC(=O)C(NC(=O)C(N)Cc1ccc(O)cc1)C(C)C)C(=O)NCC(=O)NC(Cc1cnc[nH]1)C(=O)NC(Cc1ccccc1)C(=O)NC(CCCNC(=N)N)C(=O)NC(Cc1c[nH]c2ccccc12)C(=O)NC(CC(=O)O)C(=O)NC(CCCNC(=N)N)C(=O)NC(Cc1ccccc1)C(=O)NCC(N)=O. The van der Waals surface area contributed by atoms with Crippen molar-refractivity contribution in [2.24, 2.45) is 28.9 Å². The van der Waals surface area contributed by atoms with Gasteiger partial charge in [0.05, 0.1) is 31.9 Å². The number of carboxylic acid groups (broad SMARTS) is 1. The van der Waals surface area contributed by atoms with Crippen molar-refractivity contribution in [2.45, 2.75) is 145 Å². The minimum Gasteiger partial charge on any atom is -0.508 e. The van der Waals surface area contributed by atoms with Crippen LogP contribution in [-0.4, -0.2) is 213 Å². The highest BCUT2D eigenvalue weighted by Crippen LogP contribution is 2.21. The molecule has 602 valence electrons. The van der Waals surface area contributed by atoms with Crippen molar-refractivity contribution in [1.29, 1.82) is 10.8 Å². The number of fused-ring (bicyclic) bond motifs is 1. The molecule has 12 amide bonds. The molecule has 0 saturated heterocycles. The fraction of sp³-hybridized carbons (Fsp3) is 0.405. The molecular formula is C74H100N22O15S. The van der Waals surface area contributed by atoms with Crippen molar-refractivity contribution in [3.63, 3.8) is 0 Å². The third kappa shape index (κ3) is 30.4. The largest absolute Gasteiger partial charge is 0.508 e. The lowest BCUT2D eigenvalue weighted by molar-refractivity contribution is -0.141. The van der Waals surface area contributed by atoms with Crippen LogP contribution in [0.4, 0.5) is 0 Å². The van der Waals surface area contributed by atoms with Crippen LogP contribution in [0.3, 0.4) is 0 Å². The van der Waals surface area contributed by atoms with E-state index in [-0.39, 0.29) is 83.0 Å². The van der Waals surface area contributed by atoms with Crippen LogP contribution in [0.2, 0.25) is 0 Å². The minimum atomic E-state index is -1.99. The Kier molecular flexibility index (Phi) is 35.8. The summed E-state index contributed by atoms with van der Waals surface area (Å²) >= 11 is 1.38. The normalized spacial score (nSPS) is 13.7. The Hall–Kier alpha value is -12.6. The van der Waals surface area contributed by atoms with E-state index in [1.54, 1.807) is 123 Å². The van der Waals surface area contributed by atoms with E-state index in [1.165, 1.54) is 36.4 Å². The number of guanidine groups is 2. The number of aromatic amines is 2. The highest BCUT2D eigenvalue weighted by atomic mass is 32.2. The Morgan fingerprint density at radius 3 is 1.46 bits per heavy atom. The van der Waals surface area contributed by atoms with Crippen LogP contribution in [0.5, 0.6) is 5.75 Å². The van der Waals surface area contributed by atoms with Crippen molar-refractivity contribution in [1.82, 2.24) is 84.1 Å². The Bertz CT molecular complexity index is 4190. The van der Waals surface area contributed by atoms with Crippen LogP contribution >= 0.6 is 11.8 Å². The van der Waals surface area contributed by atoms with Gasteiger partial charge in [0.2, 0.25) is 70.9 Å². The number of thioether (sulfide) groups is 1. The van der Waals surface area contributed by atoms with E-state index in [4.69, 9.17) is 33.8 Å². The van der Waals surface area contributed by atoms with Gasteiger partial charge < -0.3 is 112 Å². The highest BCUT2D eigenvalue weighted by Gasteiger charge is 2.37. The zero-order valence-corrected chi connectivity index (χ0v) is 63.0. The molecule has 0 saturated carbocycles. The molecule has 0 aliphatic carbocycles. The first kappa shape index (κ1) is 88.3. The second-order valence-corrected chi connectivity index (χ2v) is 27.7. The number of carboxylic acids is 1. The molecule has 0 aliphatic rings. The van der Waals surface area contributed by atoms with E-state index in [1.807, 2.05) is 0 Å². The van der Waals surface area contributed by atoms with Gasteiger partial charge in [-0.1, -0.05) is 105 Å². The first-order chi connectivity index (χ1) is 53.5. The van der Waals surface area contributed by atoms with Gasteiger partial charge in [0.25, 0.3) is 0 Å². The summed E-state index contributed by atoms with van der Waals surface area (Å²) in [4.78, 5) is 192. The van der Waals surface area contributed by atoms with Gasteiger partial charge in [0.1, 0.15) is 60.1 Å². The Morgan fingerprint density at radius 2 is 0.938 bits per heavy atom. The summed E-state index contributed by atoms with van der Waals surface area (Å²) in [6.45, 7) is 2.03. The number of carbonyl (C=O) groups excluding carboxylic acids is 12. The van der Waals surface area contributed by atoms with Gasteiger partial charge in [-0.05, 0) is 96.9 Å². The smallest absolute Gasteiger partial charge is 0.305 e. The molecule has 10 atom stereocenters. The lowest BCUT2D eigenvalue weighted by atomic mass is 10.0. The van der Waals surface area contributed by atoms with E-state index in [9.17, 15) is 58.2 Å². The second kappa shape index (κ2) is 45.4. The molecule has 6 aromatic rings. The number of nitrogens with two attached hydrogens (primary N) is 4. The van der Waals surface area contributed by atoms with Crippen LogP contribution < -0.4 is 92.1 Å². The average Bonchev–Trinajstić information content (AvgIpc) is 1.76. The van der Waals surface area contributed by atoms with Gasteiger partial charge >= 0.3 is 5.97 Å². The van der Waals surface area contributed by atoms with Crippen molar-refractivity contribution >= 4 is 111 Å². The second-order valence-electron chi connectivity index (χ2n) is 26.7. The number of rotatable bonds is 47. The lowest BCUT2D eigenvalue weighted by Gasteiger charge is -2.28. The minimum absolute atomic E-state index is 0.00176. The molecular weight excluding hydrogens is 1470 g/mol. The number of phenolic OH excluding ortho intramolecular Hbond substituents is 1. The maximum absolute atomic E-state index is 15.2. The third-order valence-electron chi connectivity index (χ3n) is 17.5. The number of amides is 12. The number of primary amides is 1. The van der Waals surface area contributed by atoms with Crippen LogP contribution in [0.1, 0.15) is 80.3 Å². The number of H-pyrrole nitrogens is 2. The van der Waals surface area contributed by atoms with Crippen molar-refractivity contribution in [2.75, 3.05) is 38.2 Å². The van der Waals surface area contributed by atoms with Crippen LogP contribution in [-0.2, 0) is 94.4 Å². The van der Waals surface area contributed by atoms with Gasteiger partial charge in [0.15, 0.2) is 11.9 Å². The Balaban J connectivity index is 1.25. The number of carbonyl (C=O) groups is 13. The van der Waals surface area contributed by atoms with E-state index >= 15 is 14.4 Å². The summed E-state index contributed by atoms with van der Waals surface area (Å²) in [5.41, 5.74) is 25.8. The van der Waals surface area contributed by atoms with Gasteiger partial charge in [-0.15, -0.1) is 0 Å². The number of benzene rings is 4. The van der Waals surface area contributed by atoms with Crippen molar-refractivity contribution in [3.8, 4) is 5.75 Å². The fourth-order valence-electron chi connectivity index (χ4n) is 11.7. The van der Waals surface area contributed by atoms with Gasteiger partial charge in [-0.2, -0.15) is 11.8 Å². The molecule has 2 heterocycles. The lowest BCUT2D eigenvalue weighted by Crippen LogP contribution is -2.61. The van der Waals surface area contributed by atoms with Crippen LogP contribution in [0.15, 0.2) is 128 Å². The molecule has 2 aromatic heterocycles. The first-order valence-corrected chi connectivity index (χ1v) is 37.4. The van der Waals surface area contributed by atoms with Gasteiger partial charge in [-0.25, -0.2) is 4.98 Å². The summed E-state index contributed by atoms with van der Waals surface area (Å²) in [6.07, 6.45) is 3.79. The van der Waals surface area contributed by atoms with E-state index in [2.05, 4.69) is 84.1 Å². The van der Waals surface area contributed by atoms with E-state index < -0.39 is 175 Å². The Morgan fingerprint density at radius 1 is 0.482 bits per heavy atom. The van der Waals surface area contributed by atoms with Gasteiger partial charge in [-0.3, -0.25) is 73.1 Å². The summed E-state index contributed by atoms with van der Waals surface area (Å²) in [7, 11) is 0. The number of aromatic hydroxyl groups is 1. The maximum Gasteiger partial charge on any atom is 0.305 e. The zero-order chi connectivity index (χ0) is 81.8. The standard InChI is InChI=1S/C74H100N22O15S/c1-41(2)62(96-63(102)49(75)30-44-22-24-47(97)25-23-44)72(111)91-53(26-29-112-3)64(103)86-39-60(99)88-57(34-46-37-81-40-87-46)70(109)93-55(32-43-16-8-5-9-17-43)68(107)89-52(21-13-28-83-74(79)80)67(106)94-56(33-45-36-84-50-19-11-10-18-48(45)50)69(108)95-58(35-61(100)101)71(110)90-51(20-12-27-82-73(77)78)66(105)92-54(65(104)85-38-59(76)98)31-42-14-6-4-7-15-42/h4-11,14-19,22-25,36-37,40-41,49,51-58,62,84,97H,12-13,20-21,26-35,38-39,75H2,1-3H3,(H2,76,98)(H,81,87)(H,85,104)(H,86,103)(H,88,99)(H,89,107)(H,90,110)(H,91,111)(H,92,105)(H,93,109)(H,94,106)(H,95,108)(H,96,102)(H,100,101)(H4,77,78,82)(H4,79,80,83). The monoisotopic (exact) mass is 1570 g/mol. The number of nitrogens with zero attached hydrogens (tertiary/aromatic N) is 1. The molecule has 27 N–H and O–H groups in total. The Labute approximate surface area is 649 Å². The predicted octanol–water partition coefficient (Wildman–Crippen LogP) is -3.07. The number of hydrogen-bond donors (Lipinski definition) is 23. The van der Waals surface area contributed by atoms with Crippen LogP contribution in [0, 0.1) is 16.7 Å². The summed E-state index contributed by atoms with van der Waals surface area (Å²) in [5, 5.41) is 69.7. The van der Waals surface area contributed by atoms with Crippen molar-refractivity contribution < 1.29 is 72.5 Å². The molecule has 10 unspecified atom stereocenters. The maximum atomic E-state index is 15.2. The molecule has 6 rings (SSSR count). The van der Waals surface area contributed by atoms with Gasteiger partial charge in [0, 0.05) is 67.8 Å². The summed E-state index contributed by atoms with van der Waals surface area (Å²) in [5.74, 6) is -13.5. The topological polar surface area (TPSA) is 615 Å². The summed E-state index contributed by atoms with van der Waals surface area (Å²) in [6, 6.07) is 15.1. The van der Waals surface area contributed by atoms with E-state index in [0.717, 1.165) is 0 Å². The first-order valence-electron chi connectivity index (χ1n) is 36.0. The highest BCUT2D eigenvalue weighted by molar-refractivity contribution is 7.98. The third-order valence-corrected chi connectivity index (χ3v) is 18.2. The predicted molar refractivity (Wildman–Crippen MR) is 415 cm³/mol.